The Kier molecular flexibility index (Phi) is 5.48. The molecule has 0 bridgehead atoms. The lowest BCUT2D eigenvalue weighted by Crippen LogP contribution is -2.30. The van der Waals surface area contributed by atoms with Crippen LogP contribution in [0.25, 0.3) is 20.7 Å². The van der Waals surface area contributed by atoms with E-state index in [2.05, 4.69) is 15.0 Å². The second-order valence-electron chi connectivity index (χ2n) is 6.67. The molecule has 29 heavy (non-hydrogen) atoms. The molecule has 0 aromatic carbocycles. The van der Waals surface area contributed by atoms with Crippen LogP contribution >= 0.6 is 11.3 Å². The average Bonchev–Trinajstić information content (AvgIpc) is 3.40. The molecule has 1 atom stereocenters. The number of ether oxygens (including phenoxy) is 3. The molecule has 3 aromatic rings. The number of fused-ring (bicyclic) bond motifs is 1. The number of carbonyl (C=O) groups is 1. The zero-order chi connectivity index (χ0) is 20.4. The summed E-state index contributed by atoms with van der Waals surface area (Å²) in [6.45, 7) is 3.19. The Morgan fingerprint density at radius 3 is 2.83 bits per heavy atom. The number of thiophene rings is 1. The molecule has 9 heteroatoms. The normalized spacial score (nSPS) is 16.2. The van der Waals surface area contributed by atoms with Gasteiger partial charge in [-0.1, -0.05) is 6.92 Å². The summed E-state index contributed by atoms with van der Waals surface area (Å²) in [5, 5.41) is 0.850. The lowest BCUT2D eigenvalue weighted by Gasteiger charge is -2.16. The number of carbonyl (C=O) groups excluding carboxylic acids is 1. The van der Waals surface area contributed by atoms with E-state index in [0.29, 0.717) is 30.5 Å². The molecule has 1 fully saturated rings. The third-order valence-corrected chi connectivity index (χ3v) is 5.98. The highest BCUT2D eigenvalue weighted by Crippen LogP contribution is 2.38. The summed E-state index contributed by atoms with van der Waals surface area (Å²) in [6, 6.07) is 3.89. The molecule has 1 saturated heterocycles. The second-order valence-corrected chi connectivity index (χ2v) is 7.70. The fourth-order valence-electron chi connectivity index (χ4n) is 3.37. The van der Waals surface area contributed by atoms with Gasteiger partial charge in [0.05, 0.1) is 26.2 Å². The molecule has 152 valence electrons. The quantitative estimate of drug-likeness (QED) is 0.612. The Bertz CT molecular complexity index is 1040. The topological polar surface area (TPSA) is 86.7 Å². The van der Waals surface area contributed by atoms with Crippen LogP contribution in [0.1, 0.15) is 19.8 Å². The zero-order valence-electron chi connectivity index (χ0n) is 16.5. The van der Waals surface area contributed by atoms with Gasteiger partial charge in [0.1, 0.15) is 17.3 Å². The smallest absolute Gasteiger partial charge is 0.256 e. The Labute approximate surface area is 172 Å². The number of pyridine rings is 1. The number of methoxy groups -OCH3 is 2. The van der Waals surface area contributed by atoms with Gasteiger partial charge in [-0.05, 0) is 12.1 Å². The van der Waals surface area contributed by atoms with Gasteiger partial charge in [0.25, 0.3) is 5.88 Å². The van der Waals surface area contributed by atoms with Crippen LogP contribution < -0.4 is 14.2 Å². The van der Waals surface area contributed by atoms with E-state index in [0.717, 1.165) is 33.6 Å². The first-order valence-electron chi connectivity index (χ1n) is 9.40. The summed E-state index contributed by atoms with van der Waals surface area (Å²) in [6.07, 6.45) is 4.50. The molecule has 0 unspecified atom stereocenters. The van der Waals surface area contributed by atoms with Gasteiger partial charge < -0.3 is 19.1 Å². The number of aromatic nitrogens is 3. The van der Waals surface area contributed by atoms with Crippen LogP contribution in [0.4, 0.5) is 0 Å². The number of likely N-dealkylation sites (tertiary alicyclic amines) is 1. The fourth-order valence-corrected chi connectivity index (χ4v) is 4.34. The molecule has 0 spiro atoms. The molecule has 1 amide bonds. The maximum atomic E-state index is 11.9. The van der Waals surface area contributed by atoms with Gasteiger partial charge in [-0.25, -0.2) is 15.0 Å². The lowest BCUT2D eigenvalue weighted by molar-refractivity contribution is -0.130. The molecule has 0 saturated carbocycles. The first kappa shape index (κ1) is 19.4. The maximum absolute atomic E-state index is 11.9. The van der Waals surface area contributed by atoms with Gasteiger partial charge in [-0.15, -0.1) is 11.3 Å². The Hall–Kier alpha value is -2.94. The fraction of sp³-hybridized carbons (Fsp3) is 0.400. The van der Waals surface area contributed by atoms with E-state index in [4.69, 9.17) is 14.2 Å². The Morgan fingerprint density at radius 1 is 1.21 bits per heavy atom. The molecule has 4 rings (SSSR count). The molecule has 0 N–H and O–H groups in total. The molecule has 1 aliphatic heterocycles. The third-order valence-electron chi connectivity index (χ3n) is 4.89. The van der Waals surface area contributed by atoms with Gasteiger partial charge in [-0.2, -0.15) is 0 Å². The largest absolute Gasteiger partial charge is 0.491 e. The van der Waals surface area contributed by atoms with Crippen LogP contribution in [0.3, 0.4) is 0 Å². The monoisotopic (exact) mass is 414 g/mol. The number of rotatable bonds is 6. The van der Waals surface area contributed by atoms with E-state index >= 15 is 0 Å². The van der Waals surface area contributed by atoms with Crippen LogP contribution in [0.2, 0.25) is 0 Å². The van der Waals surface area contributed by atoms with Crippen LogP contribution in [0, 0.1) is 0 Å². The van der Waals surface area contributed by atoms with E-state index in [-0.39, 0.29) is 12.0 Å². The second kappa shape index (κ2) is 8.20. The predicted octanol–water partition coefficient (Wildman–Crippen LogP) is 3.16. The summed E-state index contributed by atoms with van der Waals surface area (Å²) in [7, 11) is 3.14. The first-order chi connectivity index (χ1) is 14.1. The summed E-state index contributed by atoms with van der Waals surface area (Å²) >= 11 is 1.53. The van der Waals surface area contributed by atoms with Gasteiger partial charge >= 0.3 is 0 Å². The highest BCUT2D eigenvalue weighted by atomic mass is 32.1. The summed E-state index contributed by atoms with van der Waals surface area (Å²) in [5.74, 6) is 1.70. The lowest BCUT2D eigenvalue weighted by atomic mass is 10.2. The van der Waals surface area contributed by atoms with Crippen LogP contribution in [-0.2, 0) is 4.79 Å². The number of nitrogens with zero attached hydrogens (tertiary/aromatic N) is 4. The van der Waals surface area contributed by atoms with E-state index in [1.807, 2.05) is 24.0 Å². The average molecular weight is 414 g/mol. The SMILES string of the molecule is CCC(=O)N1CC[C@H](Oc2ncnc3sc(-c4cnc(OC)c(OC)c4)cc23)C1. The Balaban J connectivity index is 1.60. The van der Waals surface area contributed by atoms with E-state index in [1.54, 1.807) is 20.4 Å². The van der Waals surface area contributed by atoms with E-state index in [1.165, 1.54) is 17.7 Å². The summed E-state index contributed by atoms with van der Waals surface area (Å²) < 4.78 is 16.7. The van der Waals surface area contributed by atoms with Crippen molar-refractivity contribution in [2.24, 2.45) is 0 Å². The van der Waals surface area contributed by atoms with E-state index < -0.39 is 0 Å². The van der Waals surface area contributed by atoms with Crippen molar-refractivity contribution in [2.45, 2.75) is 25.9 Å². The number of amides is 1. The molecule has 0 aliphatic carbocycles. The molecule has 1 aliphatic rings. The third kappa shape index (κ3) is 3.82. The highest BCUT2D eigenvalue weighted by molar-refractivity contribution is 7.21. The molecular weight excluding hydrogens is 392 g/mol. The van der Waals surface area contributed by atoms with Crippen molar-refractivity contribution in [3.63, 3.8) is 0 Å². The van der Waals surface area contributed by atoms with Crippen molar-refractivity contribution in [3.05, 3.63) is 24.7 Å². The number of hydrogen-bond acceptors (Lipinski definition) is 8. The van der Waals surface area contributed by atoms with Crippen molar-refractivity contribution < 1.29 is 19.0 Å². The molecule has 4 heterocycles. The zero-order valence-corrected chi connectivity index (χ0v) is 17.4. The molecular formula is C20H22N4O4S. The van der Waals surface area contributed by atoms with Crippen molar-refractivity contribution >= 4 is 27.5 Å². The van der Waals surface area contributed by atoms with Gasteiger partial charge in [0.15, 0.2) is 5.75 Å². The van der Waals surface area contributed by atoms with Gasteiger partial charge in [-0.3, -0.25) is 4.79 Å². The highest BCUT2D eigenvalue weighted by Gasteiger charge is 2.27. The Morgan fingerprint density at radius 2 is 2.07 bits per heavy atom. The number of hydrogen-bond donors (Lipinski definition) is 0. The minimum atomic E-state index is -0.0605. The van der Waals surface area contributed by atoms with Crippen molar-refractivity contribution in [1.29, 1.82) is 0 Å². The summed E-state index contributed by atoms with van der Waals surface area (Å²) in [4.78, 5) is 28.6. The molecule has 0 radical (unpaired) electrons. The van der Waals surface area contributed by atoms with Crippen molar-refractivity contribution in [3.8, 4) is 28.0 Å². The van der Waals surface area contributed by atoms with Crippen LogP contribution in [0.5, 0.6) is 17.5 Å². The molecule has 8 nitrogen and oxygen atoms in total. The minimum absolute atomic E-state index is 0.0605. The maximum Gasteiger partial charge on any atom is 0.256 e. The van der Waals surface area contributed by atoms with Crippen LogP contribution in [0.15, 0.2) is 24.7 Å². The van der Waals surface area contributed by atoms with Gasteiger partial charge in [0.2, 0.25) is 11.8 Å². The standard InChI is InChI=1S/C20H22N4O4S/c1-4-17(25)24-6-5-13(10-24)28-18-14-8-16(29-20(14)23-11-22-18)12-7-15(26-2)19(27-3)21-9-12/h7-9,11,13H,4-6,10H2,1-3H3/t13-/m0/s1. The predicted molar refractivity (Wildman–Crippen MR) is 110 cm³/mol. The van der Waals surface area contributed by atoms with Crippen molar-refractivity contribution in [2.75, 3.05) is 27.3 Å². The first-order valence-corrected chi connectivity index (χ1v) is 10.2. The van der Waals surface area contributed by atoms with Gasteiger partial charge in [0, 0.05) is 36.0 Å². The van der Waals surface area contributed by atoms with E-state index in [9.17, 15) is 4.79 Å². The molecule has 3 aromatic heterocycles. The summed E-state index contributed by atoms with van der Waals surface area (Å²) in [5.41, 5.74) is 0.900. The van der Waals surface area contributed by atoms with Crippen LogP contribution in [-0.4, -0.2) is 59.2 Å². The van der Waals surface area contributed by atoms with Crippen molar-refractivity contribution in [1.82, 2.24) is 19.9 Å². The minimum Gasteiger partial charge on any atom is -0.491 e.